The highest BCUT2D eigenvalue weighted by atomic mass is 16.5. The monoisotopic (exact) mass is 312 g/mol. The van der Waals surface area contributed by atoms with Gasteiger partial charge in [0, 0.05) is 33.0 Å². The molecule has 124 valence electrons. The van der Waals surface area contributed by atoms with Crippen molar-refractivity contribution in [1.29, 1.82) is 0 Å². The zero-order valence-electron chi connectivity index (χ0n) is 13.0. The highest BCUT2D eigenvalue weighted by Gasteiger charge is 2.13. The van der Waals surface area contributed by atoms with Gasteiger partial charge in [0.2, 0.25) is 0 Å². The minimum atomic E-state index is -1.16. The fourth-order valence-electron chi connectivity index (χ4n) is 2.07. The van der Waals surface area contributed by atoms with E-state index in [-0.39, 0.29) is 6.61 Å². The SMILES string of the molecule is COCCN(CCOC)c1ccc([C@H](CO)NC(=O)O)cc1. The molecule has 0 heterocycles. The number of anilines is 1. The van der Waals surface area contributed by atoms with E-state index in [1.165, 1.54) is 0 Å². The summed E-state index contributed by atoms with van der Waals surface area (Å²) in [5.74, 6) is 0. The zero-order valence-corrected chi connectivity index (χ0v) is 13.0. The molecule has 0 saturated carbocycles. The lowest BCUT2D eigenvalue weighted by molar-refractivity contribution is 0.177. The van der Waals surface area contributed by atoms with Crippen LogP contribution in [0.3, 0.4) is 0 Å². The van der Waals surface area contributed by atoms with Crippen molar-refractivity contribution in [2.24, 2.45) is 0 Å². The molecule has 0 bridgehead atoms. The Balaban J connectivity index is 2.79. The molecule has 0 unspecified atom stereocenters. The summed E-state index contributed by atoms with van der Waals surface area (Å²) in [6.45, 7) is 2.38. The number of methoxy groups -OCH3 is 2. The second-order valence-corrected chi connectivity index (χ2v) is 4.75. The second kappa shape index (κ2) is 9.99. The van der Waals surface area contributed by atoms with E-state index in [0.29, 0.717) is 18.8 Å². The number of hydrogen-bond donors (Lipinski definition) is 3. The van der Waals surface area contributed by atoms with Crippen LogP contribution in [0.2, 0.25) is 0 Å². The van der Waals surface area contributed by atoms with Crippen molar-refractivity contribution >= 4 is 11.8 Å². The molecule has 7 nitrogen and oxygen atoms in total. The molecule has 0 aliphatic carbocycles. The van der Waals surface area contributed by atoms with Crippen molar-refractivity contribution in [3.05, 3.63) is 29.8 Å². The largest absolute Gasteiger partial charge is 0.465 e. The maximum atomic E-state index is 10.7. The van der Waals surface area contributed by atoms with Crippen LogP contribution in [0.15, 0.2) is 24.3 Å². The van der Waals surface area contributed by atoms with Crippen molar-refractivity contribution < 1.29 is 24.5 Å². The predicted molar refractivity (Wildman–Crippen MR) is 83.4 cm³/mol. The lowest BCUT2D eigenvalue weighted by atomic mass is 10.1. The van der Waals surface area contributed by atoms with Crippen molar-refractivity contribution in [1.82, 2.24) is 5.32 Å². The summed E-state index contributed by atoms with van der Waals surface area (Å²) in [6.07, 6.45) is -1.16. The number of aliphatic hydroxyl groups is 1. The van der Waals surface area contributed by atoms with Gasteiger partial charge in [-0.1, -0.05) is 12.1 Å². The predicted octanol–water partition coefficient (Wildman–Crippen LogP) is 1.09. The summed E-state index contributed by atoms with van der Waals surface area (Å²) in [5.41, 5.74) is 1.71. The third kappa shape index (κ3) is 5.88. The number of aliphatic hydroxyl groups excluding tert-OH is 1. The van der Waals surface area contributed by atoms with Gasteiger partial charge in [-0.05, 0) is 17.7 Å². The van der Waals surface area contributed by atoms with Gasteiger partial charge in [0.25, 0.3) is 0 Å². The van der Waals surface area contributed by atoms with Crippen LogP contribution in [-0.2, 0) is 9.47 Å². The Bertz CT molecular complexity index is 430. The van der Waals surface area contributed by atoms with E-state index in [1.54, 1.807) is 26.4 Å². The summed E-state index contributed by atoms with van der Waals surface area (Å²) in [7, 11) is 3.31. The van der Waals surface area contributed by atoms with E-state index in [4.69, 9.17) is 14.6 Å². The first-order chi connectivity index (χ1) is 10.6. The van der Waals surface area contributed by atoms with Crippen molar-refractivity contribution in [2.75, 3.05) is 52.0 Å². The van der Waals surface area contributed by atoms with Crippen molar-refractivity contribution in [2.45, 2.75) is 6.04 Å². The first-order valence-electron chi connectivity index (χ1n) is 7.05. The Morgan fingerprint density at radius 1 is 1.18 bits per heavy atom. The molecule has 1 aromatic rings. The highest BCUT2D eigenvalue weighted by Crippen LogP contribution is 2.19. The number of carboxylic acid groups (broad SMARTS) is 1. The molecule has 0 aliphatic rings. The summed E-state index contributed by atoms with van der Waals surface area (Å²) in [5, 5.41) is 20.3. The van der Waals surface area contributed by atoms with E-state index in [0.717, 1.165) is 18.8 Å². The summed E-state index contributed by atoms with van der Waals surface area (Å²) in [6, 6.07) is 6.77. The minimum Gasteiger partial charge on any atom is -0.465 e. The van der Waals surface area contributed by atoms with Gasteiger partial charge in [-0.15, -0.1) is 0 Å². The Morgan fingerprint density at radius 2 is 1.73 bits per heavy atom. The van der Waals surface area contributed by atoms with E-state index < -0.39 is 12.1 Å². The summed E-state index contributed by atoms with van der Waals surface area (Å²) >= 11 is 0. The first kappa shape index (κ1) is 18.2. The van der Waals surface area contributed by atoms with E-state index in [2.05, 4.69) is 10.2 Å². The second-order valence-electron chi connectivity index (χ2n) is 4.75. The Kier molecular flexibility index (Phi) is 8.27. The van der Waals surface area contributed by atoms with Gasteiger partial charge in [0.1, 0.15) is 0 Å². The van der Waals surface area contributed by atoms with Gasteiger partial charge in [0.15, 0.2) is 0 Å². The Hall–Kier alpha value is -1.83. The van der Waals surface area contributed by atoms with Gasteiger partial charge in [-0.2, -0.15) is 0 Å². The molecule has 1 atom stereocenters. The topological polar surface area (TPSA) is 91.3 Å². The maximum absolute atomic E-state index is 10.7. The number of nitrogens with zero attached hydrogens (tertiary/aromatic N) is 1. The molecule has 0 radical (unpaired) electrons. The molecule has 3 N–H and O–H groups in total. The average molecular weight is 312 g/mol. The third-order valence-electron chi connectivity index (χ3n) is 3.27. The smallest absolute Gasteiger partial charge is 0.405 e. The van der Waals surface area contributed by atoms with Gasteiger partial charge in [-0.25, -0.2) is 4.79 Å². The standard InChI is InChI=1S/C15H24N2O5/c1-21-9-7-17(8-10-22-2)13-5-3-12(4-6-13)14(11-18)16-15(19)20/h3-6,14,16,18H,7-11H2,1-2H3,(H,19,20)/t14-/m0/s1. The molecule has 1 rings (SSSR count). The average Bonchev–Trinajstić information content (AvgIpc) is 2.53. The van der Waals surface area contributed by atoms with Gasteiger partial charge in [0.05, 0.1) is 25.9 Å². The molecule has 1 amide bonds. The van der Waals surface area contributed by atoms with Gasteiger partial charge in [-0.3, -0.25) is 0 Å². The lowest BCUT2D eigenvalue weighted by Gasteiger charge is -2.25. The molecule has 7 heteroatoms. The molecule has 0 aromatic heterocycles. The van der Waals surface area contributed by atoms with Crippen LogP contribution < -0.4 is 10.2 Å². The number of nitrogens with one attached hydrogen (secondary N) is 1. The number of rotatable bonds is 10. The highest BCUT2D eigenvalue weighted by molar-refractivity contribution is 5.65. The minimum absolute atomic E-state index is 0.289. The Labute approximate surface area is 130 Å². The molecule has 0 spiro atoms. The van der Waals surface area contributed by atoms with Crippen LogP contribution in [0, 0.1) is 0 Å². The molecular formula is C15H24N2O5. The van der Waals surface area contributed by atoms with Crippen molar-refractivity contribution in [3.63, 3.8) is 0 Å². The molecule has 0 fully saturated rings. The molecular weight excluding hydrogens is 288 g/mol. The molecule has 1 aromatic carbocycles. The fourth-order valence-corrected chi connectivity index (χ4v) is 2.07. The van der Waals surface area contributed by atoms with Crippen LogP contribution in [0.5, 0.6) is 0 Å². The third-order valence-corrected chi connectivity index (χ3v) is 3.27. The van der Waals surface area contributed by atoms with E-state index >= 15 is 0 Å². The number of amides is 1. The Morgan fingerprint density at radius 3 is 2.14 bits per heavy atom. The normalized spacial score (nSPS) is 12.0. The van der Waals surface area contributed by atoms with Crippen LogP contribution in [0.1, 0.15) is 11.6 Å². The molecule has 22 heavy (non-hydrogen) atoms. The van der Waals surface area contributed by atoms with Crippen LogP contribution >= 0.6 is 0 Å². The quantitative estimate of drug-likeness (QED) is 0.599. The van der Waals surface area contributed by atoms with Crippen LogP contribution in [-0.4, -0.2) is 63.4 Å². The maximum Gasteiger partial charge on any atom is 0.405 e. The molecule has 0 aliphatic heterocycles. The van der Waals surface area contributed by atoms with Gasteiger partial charge < -0.3 is 29.9 Å². The van der Waals surface area contributed by atoms with E-state index in [1.807, 2.05) is 12.1 Å². The van der Waals surface area contributed by atoms with Crippen LogP contribution in [0.4, 0.5) is 10.5 Å². The summed E-state index contributed by atoms with van der Waals surface area (Å²) < 4.78 is 10.2. The first-order valence-corrected chi connectivity index (χ1v) is 7.05. The number of benzene rings is 1. The number of ether oxygens (including phenoxy) is 2. The number of carbonyl (C=O) groups is 1. The summed E-state index contributed by atoms with van der Waals surface area (Å²) in [4.78, 5) is 12.8. The van der Waals surface area contributed by atoms with Gasteiger partial charge >= 0.3 is 6.09 Å². The lowest BCUT2D eigenvalue weighted by Crippen LogP contribution is -2.31. The fraction of sp³-hybridized carbons (Fsp3) is 0.533. The van der Waals surface area contributed by atoms with Crippen molar-refractivity contribution in [3.8, 4) is 0 Å². The van der Waals surface area contributed by atoms with Crippen LogP contribution in [0.25, 0.3) is 0 Å². The van der Waals surface area contributed by atoms with E-state index in [9.17, 15) is 9.90 Å². The number of hydrogen-bond acceptors (Lipinski definition) is 5. The zero-order chi connectivity index (χ0) is 16.4. The molecule has 0 saturated heterocycles.